The van der Waals surface area contributed by atoms with Gasteiger partial charge in [-0.15, -0.1) is 0 Å². The van der Waals surface area contributed by atoms with Gasteiger partial charge in [0.1, 0.15) is 0 Å². The monoisotopic (exact) mass is 525 g/mol. The Morgan fingerprint density at radius 3 is 2.10 bits per heavy atom. The first kappa shape index (κ1) is 24.2. The lowest BCUT2D eigenvalue weighted by atomic mass is 9.47. The molecule has 2 bridgehead atoms. The number of rotatable bonds is 4. The van der Waals surface area contributed by atoms with Gasteiger partial charge in [0.05, 0.1) is 22.9 Å². The van der Waals surface area contributed by atoms with E-state index in [1.54, 1.807) is 30.5 Å². The Balaban J connectivity index is 1.42. The van der Waals surface area contributed by atoms with Gasteiger partial charge < -0.3 is 0 Å². The van der Waals surface area contributed by atoms with Gasteiger partial charge in [-0.05, 0) is 59.9 Å². The first-order valence-electron chi connectivity index (χ1n) is 13.5. The van der Waals surface area contributed by atoms with Crippen molar-refractivity contribution in [3.05, 3.63) is 136 Å². The molecule has 3 amide bonds. The van der Waals surface area contributed by atoms with Gasteiger partial charge in [0.2, 0.25) is 11.8 Å². The molecule has 8 rings (SSSR count). The molecule has 1 heterocycles. The lowest BCUT2D eigenvalue weighted by Crippen LogP contribution is -2.54. The molecule has 40 heavy (non-hydrogen) atoms. The van der Waals surface area contributed by atoms with Crippen LogP contribution in [0, 0.1) is 25.7 Å². The normalized spacial score (nSPS) is 24.1. The van der Waals surface area contributed by atoms with Crippen LogP contribution >= 0.6 is 0 Å². The minimum absolute atomic E-state index is 0.193. The summed E-state index contributed by atoms with van der Waals surface area (Å²) >= 11 is 0. The fraction of sp³-hybridized carbons (Fsp3) is 0.176. The number of hydrazone groups is 1. The van der Waals surface area contributed by atoms with Gasteiger partial charge in [-0.1, -0.05) is 84.4 Å². The molecule has 2 atom stereocenters. The maximum Gasteiger partial charge on any atom is 0.271 e. The predicted octanol–water partition coefficient (Wildman–Crippen LogP) is 5.27. The van der Waals surface area contributed by atoms with Crippen molar-refractivity contribution in [3.63, 3.8) is 0 Å². The van der Waals surface area contributed by atoms with E-state index in [4.69, 9.17) is 0 Å². The summed E-state index contributed by atoms with van der Waals surface area (Å²) in [6.45, 7) is 3.92. The average Bonchev–Trinajstić information content (AvgIpc) is 3.24. The Morgan fingerprint density at radius 2 is 1.45 bits per heavy atom. The molecule has 0 spiro atoms. The molecule has 1 saturated heterocycles. The Hall–Kier alpha value is -4.84. The summed E-state index contributed by atoms with van der Waals surface area (Å²) in [5, 5.41) is 4.48. The summed E-state index contributed by atoms with van der Waals surface area (Å²) in [4.78, 5) is 43.0. The molecule has 1 aliphatic heterocycles. The second-order valence-corrected chi connectivity index (χ2v) is 10.9. The number of benzene rings is 4. The van der Waals surface area contributed by atoms with Gasteiger partial charge in [-0.3, -0.25) is 14.4 Å². The molecule has 0 aromatic heterocycles. The van der Waals surface area contributed by atoms with Crippen molar-refractivity contribution in [2.24, 2.45) is 16.9 Å². The lowest BCUT2D eigenvalue weighted by molar-refractivity contribution is -0.122. The Morgan fingerprint density at radius 1 is 0.825 bits per heavy atom. The molecule has 0 unspecified atom stereocenters. The van der Waals surface area contributed by atoms with E-state index in [1.807, 2.05) is 74.5 Å². The third-order valence-corrected chi connectivity index (χ3v) is 8.75. The number of aryl methyl sites for hydroxylation is 2. The highest BCUT2D eigenvalue weighted by Crippen LogP contribution is 2.63. The van der Waals surface area contributed by atoms with E-state index in [9.17, 15) is 14.4 Å². The van der Waals surface area contributed by atoms with E-state index in [-0.39, 0.29) is 23.6 Å². The van der Waals surface area contributed by atoms with E-state index >= 15 is 0 Å². The number of carbonyl (C=O) groups is 3. The van der Waals surface area contributed by atoms with Gasteiger partial charge >= 0.3 is 0 Å². The van der Waals surface area contributed by atoms with Crippen molar-refractivity contribution >= 4 is 29.6 Å². The molecule has 1 fully saturated rings. The number of nitrogens with one attached hydrogen (secondary N) is 1. The number of carbonyl (C=O) groups excluding carboxylic acids is 3. The molecule has 6 heteroatoms. The van der Waals surface area contributed by atoms with Crippen LogP contribution in [0.15, 0.2) is 102 Å². The minimum atomic E-state index is -1.03. The third kappa shape index (κ3) is 3.22. The molecule has 4 aliphatic rings. The number of hydrogen-bond donors (Lipinski definition) is 1. The molecule has 4 aromatic rings. The van der Waals surface area contributed by atoms with Gasteiger partial charge in [0.15, 0.2) is 0 Å². The van der Waals surface area contributed by atoms with Crippen molar-refractivity contribution in [3.8, 4) is 0 Å². The van der Waals surface area contributed by atoms with Crippen LogP contribution in [-0.4, -0.2) is 23.9 Å². The van der Waals surface area contributed by atoms with Gasteiger partial charge in [0, 0.05) is 17.7 Å². The second kappa shape index (κ2) is 8.85. The zero-order chi connectivity index (χ0) is 27.6. The molecule has 4 aromatic carbocycles. The summed E-state index contributed by atoms with van der Waals surface area (Å²) in [5.74, 6) is -2.32. The van der Waals surface area contributed by atoms with E-state index in [0.29, 0.717) is 11.3 Å². The molecule has 6 nitrogen and oxygen atoms in total. The van der Waals surface area contributed by atoms with Crippen LogP contribution in [0.4, 0.5) is 5.69 Å². The molecular weight excluding hydrogens is 498 g/mol. The number of anilines is 1. The van der Waals surface area contributed by atoms with Crippen molar-refractivity contribution in [2.75, 3.05) is 4.90 Å². The van der Waals surface area contributed by atoms with Crippen molar-refractivity contribution in [1.29, 1.82) is 0 Å². The highest BCUT2D eigenvalue weighted by molar-refractivity contribution is 6.25. The summed E-state index contributed by atoms with van der Waals surface area (Å²) in [7, 11) is 0. The third-order valence-electron chi connectivity index (χ3n) is 8.75. The molecule has 1 N–H and O–H groups in total. The van der Waals surface area contributed by atoms with Gasteiger partial charge in [-0.2, -0.15) is 5.10 Å². The van der Waals surface area contributed by atoms with Gasteiger partial charge in [-0.25, -0.2) is 10.3 Å². The fourth-order valence-electron chi connectivity index (χ4n) is 7.19. The van der Waals surface area contributed by atoms with E-state index < -0.39 is 17.3 Å². The van der Waals surface area contributed by atoms with Crippen molar-refractivity contribution in [1.82, 2.24) is 5.43 Å². The SMILES string of the molecule is Cc1ccc(N2C(=O)[C@@H]3C4c5ccccc5C(/C=N\NC(=O)c5ccccc5)(c5ccccc54)[C@@H]3C2=O)c(C)c1. The molecule has 3 aliphatic carbocycles. The first-order chi connectivity index (χ1) is 19.4. The van der Waals surface area contributed by atoms with Crippen LogP contribution in [0.5, 0.6) is 0 Å². The first-order valence-corrected chi connectivity index (χ1v) is 13.5. The summed E-state index contributed by atoms with van der Waals surface area (Å²) in [6, 6.07) is 30.7. The summed E-state index contributed by atoms with van der Waals surface area (Å²) in [6.07, 6.45) is 1.69. The molecule has 196 valence electrons. The molecule has 0 saturated carbocycles. The maximum atomic E-state index is 14.5. The summed E-state index contributed by atoms with van der Waals surface area (Å²) < 4.78 is 0. The van der Waals surface area contributed by atoms with Crippen LogP contribution in [-0.2, 0) is 15.0 Å². The zero-order valence-electron chi connectivity index (χ0n) is 22.2. The van der Waals surface area contributed by atoms with Gasteiger partial charge in [0.25, 0.3) is 5.91 Å². The largest absolute Gasteiger partial charge is 0.274 e. The highest BCUT2D eigenvalue weighted by atomic mass is 16.2. The quantitative estimate of drug-likeness (QED) is 0.224. The standard InChI is InChI=1S/C34H27N3O3/c1-20-16-17-27(21(2)18-20)37-32(39)29-28-23-12-6-8-14-25(23)34(30(29)33(37)40,26-15-9-7-13-24(26)28)19-35-36-31(38)22-10-4-3-5-11-22/h3-19,28-30H,1-2H3,(H,36,38)/b35-19-/t28?,29-,30+,34?/m1/s1. The number of amides is 3. The second-order valence-electron chi connectivity index (χ2n) is 10.9. The lowest BCUT2D eigenvalue weighted by Gasteiger charge is -2.52. The minimum Gasteiger partial charge on any atom is -0.274 e. The Labute approximate surface area is 232 Å². The molecular formula is C34H27N3O3. The zero-order valence-corrected chi connectivity index (χ0v) is 22.2. The van der Waals surface area contributed by atoms with Crippen molar-refractivity contribution < 1.29 is 14.4 Å². The average molecular weight is 526 g/mol. The number of hydrogen-bond acceptors (Lipinski definition) is 4. The smallest absolute Gasteiger partial charge is 0.271 e. The van der Waals surface area contributed by atoms with Crippen LogP contribution in [0.2, 0.25) is 0 Å². The predicted molar refractivity (Wildman–Crippen MR) is 153 cm³/mol. The van der Waals surface area contributed by atoms with Crippen LogP contribution < -0.4 is 10.3 Å². The van der Waals surface area contributed by atoms with Crippen molar-refractivity contribution in [2.45, 2.75) is 25.2 Å². The van der Waals surface area contributed by atoms with E-state index in [0.717, 1.165) is 33.4 Å². The fourth-order valence-corrected chi connectivity index (χ4v) is 7.19. The number of nitrogens with zero attached hydrogens (tertiary/aromatic N) is 2. The highest BCUT2D eigenvalue weighted by Gasteiger charge is 2.68. The van der Waals surface area contributed by atoms with Crippen LogP contribution in [0.25, 0.3) is 0 Å². The van der Waals surface area contributed by atoms with Crippen LogP contribution in [0.3, 0.4) is 0 Å². The Kier molecular flexibility index (Phi) is 5.36. The topological polar surface area (TPSA) is 78.8 Å². The number of imide groups is 1. The van der Waals surface area contributed by atoms with E-state index in [1.165, 1.54) is 4.90 Å². The molecule has 0 radical (unpaired) electrons. The summed E-state index contributed by atoms with van der Waals surface area (Å²) in [5.41, 5.74) is 8.61. The van der Waals surface area contributed by atoms with E-state index in [2.05, 4.69) is 22.7 Å². The Bertz CT molecular complexity index is 1700. The van der Waals surface area contributed by atoms with Crippen LogP contribution in [0.1, 0.15) is 49.7 Å². The maximum absolute atomic E-state index is 14.5.